The lowest BCUT2D eigenvalue weighted by molar-refractivity contribution is -0.141. The van der Waals surface area contributed by atoms with Crippen molar-refractivity contribution in [2.24, 2.45) is 0 Å². The standard InChI is InChI=1S/C14H20FNO3/c1-10(7-14(17)19-4)16(2)9-11-5-6-13(18-3)12(15)8-11/h5-6,8,10H,7,9H2,1-4H3. The second kappa shape index (κ2) is 7.09. The summed E-state index contributed by atoms with van der Waals surface area (Å²) in [7, 11) is 4.69. The highest BCUT2D eigenvalue weighted by Crippen LogP contribution is 2.19. The van der Waals surface area contributed by atoms with Crippen LogP contribution in [0.2, 0.25) is 0 Å². The van der Waals surface area contributed by atoms with E-state index in [-0.39, 0.29) is 23.6 Å². The van der Waals surface area contributed by atoms with Gasteiger partial charge in [0.2, 0.25) is 0 Å². The number of nitrogens with zero attached hydrogens (tertiary/aromatic N) is 1. The Morgan fingerprint density at radius 3 is 2.63 bits per heavy atom. The molecule has 19 heavy (non-hydrogen) atoms. The first-order valence-corrected chi connectivity index (χ1v) is 6.07. The van der Waals surface area contributed by atoms with Crippen LogP contribution in [-0.4, -0.2) is 38.2 Å². The van der Waals surface area contributed by atoms with Crippen LogP contribution in [0.1, 0.15) is 18.9 Å². The number of rotatable bonds is 6. The second-order valence-electron chi connectivity index (χ2n) is 4.51. The van der Waals surface area contributed by atoms with E-state index in [1.54, 1.807) is 6.07 Å². The third-order valence-electron chi connectivity index (χ3n) is 3.09. The smallest absolute Gasteiger partial charge is 0.307 e. The Morgan fingerprint density at radius 2 is 2.11 bits per heavy atom. The summed E-state index contributed by atoms with van der Waals surface area (Å²) in [6, 6.07) is 4.88. The molecular formula is C14H20FNO3. The van der Waals surface area contributed by atoms with E-state index in [0.717, 1.165) is 5.56 Å². The first kappa shape index (κ1) is 15.4. The lowest BCUT2D eigenvalue weighted by atomic mass is 10.1. The molecule has 0 amide bonds. The van der Waals surface area contributed by atoms with Crippen molar-refractivity contribution in [2.45, 2.75) is 25.9 Å². The molecule has 0 bridgehead atoms. The van der Waals surface area contributed by atoms with Gasteiger partial charge in [-0.2, -0.15) is 0 Å². The zero-order valence-corrected chi connectivity index (χ0v) is 11.8. The van der Waals surface area contributed by atoms with E-state index in [1.807, 2.05) is 24.9 Å². The normalized spacial score (nSPS) is 12.3. The summed E-state index contributed by atoms with van der Waals surface area (Å²) in [6.07, 6.45) is 0.311. The summed E-state index contributed by atoms with van der Waals surface area (Å²) < 4.78 is 23.0. The minimum absolute atomic E-state index is 0.0256. The van der Waals surface area contributed by atoms with Gasteiger partial charge in [-0.25, -0.2) is 4.39 Å². The molecule has 0 aromatic heterocycles. The predicted octanol–water partition coefficient (Wildman–Crippen LogP) is 2.22. The van der Waals surface area contributed by atoms with Gasteiger partial charge >= 0.3 is 5.97 Å². The van der Waals surface area contributed by atoms with Crippen molar-refractivity contribution in [1.29, 1.82) is 0 Å². The number of methoxy groups -OCH3 is 2. The van der Waals surface area contributed by atoms with Crippen molar-refractivity contribution in [2.75, 3.05) is 21.3 Å². The third kappa shape index (κ3) is 4.52. The zero-order valence-electron chi connectivity index (χ0n) is 11.8. The summed E-state index contributed by atoms with van der Waals surface area (Å²) in [5, 5.41) is 0. The van der Waals surface area contributed by atoms with Crippen molar-refractivity contribution in [3.63, 3.8) is 0 Å². The van der Waals surface area contributed by atoms with Gasteiger partial charge in [-0.05, 0) is 31.7 Å². The van der Waals surface area contributed by atoms with E-state index in [4.69, 9.17) is 4.74 Å². The fraction of sp³-hybridized carbons (Fsp3) is 0.500. The van der Waals surface area contributed by atoms with Crippen LogP contribution >= 0.6 is 0 Å². The fourth-order valence-corrected chi connectivity index (χ4v) is 1.73. The van der Waals surface area contributed by atoms with E-state index in [2.05, 4.69) is 4.74 Å². The number of ether oxygens (including phenoxy) is 2. The predicted molar refractivity (Wildman–Crippen MR) is 70.5 cm³/mol. The highest BCUT2D eigenvalue weighted by molar-refractivity contribution is 5.69. The summed E-state index contributed by atoms with van der Waals surface area (Å²) in [5.74, 6) is -0.400. The van der Waals surface area contributed by atoms with Gasteiger partial charge in [0.15, 0.2) is 11.6 Å². The maximum atomic E-state index is 13.5. The number of carbonyl (C=O) groups is 1. The number of esters is 1. The molecule has 1 rings (SSSR count). The molecule has 0 N–H and O–H groups in total. The lowest BCUT2D eigenvalue weighted by Gasteiger charge is -2.23. The number of hydrogen-bond donors (Lipinski definition) is 0. The van der Waals surface area contributed by atoms with E-state index in [0.29, 0.717) is 13.0 Å². The molecule has 0 fully saturated rings. The molecule has 1 unspecified atom stereocenters. The Kier molecular flexibility index (Phi) is 5.76. The summed E-state index contributed by atoms with van der Waals surface area (Å²) in [5.41, 5.74) is 0.831. The highest BCUT2D eigenvalue weighted by atomic mass is 19.1. The molecule has 106 valence electrons. The third-order valence-corrected chi connectivity index (χ3v) is 3.09. The first-order chi connectivity index (χ1) is 8.97. The van der Waals surface area contributed by atoms with Crippen LogP contribution in [-0.2, 0) is 16.1 Å². The molecule has 0 heterocycles. The Hall–Kier alpha value is -1.62. The SMILES string of the molecule is COC(=O)CC(C)N(C)Cc1ccc(OC)c(F)c1. The largest absolute Gasteiger partial charge is 0.494 e. The van der Waals surface area contributed by atoms with Gasteiger partial charge in [-0.15, -0.1) is 0 Å². The van der Waals surface area contributed by atoms with Crippen LogP contribution in [0.5, 0.6) is 5.75 Å². The van der Waals surface area contributed by atoms with E-state index >= 15 is 0 Å². The van der Waals surface area contributed by atoms with Crippen LogP contribution in [0, 0.1) is 5.82 Å². The van der Waals surface area contributed by atoms with Crippen molar-refractivity contribution in [1.82, 2.24) is 4.90 Å². The van der Waals surface area contributed by atoms with Crippen molar-refractivity contribution >= 4 is 5.97 Å². The molecule has 1 atom stereocenters. The average molecular weight is 269 g/mol. The Bertz CT molecular complexity index is 437. The molecule has 1 aromatic carbocycles. The Balaban J connectivity index is 2.63. The molecule has 4 nitrogen and oxygen atoms in total. The topological polar surface area (TPSA) is 38.8 Å². The Labute approximate surface area is 113 Å². The van der Waals surface area contributed by atoms with E-state index < -0.39 is 0 Å². The first-order valence-electron chi connectivity index (χ1n) is 6.07. The number of carbonyl (C=O) groups excluding carboxylic acids is 1. The number of benzene rings is 1. The molecular weight excluding hydrogens is 249 g/mol. The van der Waals surface area contributed by atoms with E-state index in [9.17, 15) is 9.18 Å². The minimum atomic E-state index is -0.381. The summed E-state index contributed by atoms with van der Waals surface area (Å²) in [4.78, 5) is 13.2. The van der Waals surface area contributed by atoms with Crippen LogP contribution in [0.4, 0.5) is 4.39 Å². The van der Waals surface area contributed by atoms with Crippen molar-refractivity contribution in [3.8, 4) is 5.75 Å². The molecule has 0 spiro atoms. The number of halogens is 1. The average Bonchev–Trinajstić information content (AvgIpc) is 2.38. The van der Waals surface area contributed by atoms with E-state index in [1.165, 1.54) is 20.3 Å². The molecule has 0 aliphatic carbocycles. The van der Waals surface area contributed by atoms with Crippen LogP contribution in [0.15, 0.2) is 18.2 Å². The fourth-order valence-electron chi connectivity index (χ4n) is 1.73. The maximum Gasteiger partial charge on any atom is 0.307 e. The van der Waals surface area contributed by atoms with Crippen molar-refractivity contribution in [3.05, 3.63) is 29.6 Å². The number of hydrogen-bond acceptors (Lipinski definition) is 4. The van der Waals surface area contributed by atoms with Gasteiger partial charge in [0.1, 0.15) is 0 Å². The van der Waals surface area contributed by atoms with Crippen molar-refractivity contribution < 1.29 is 18.7 Å². The molecule has 5 heteroatoms. The summed E-state index contributed by atoms with van der Waals surface area (Å²) in [6.45, 7) is 2.48. The van der Waals surface area contributed by atoms with Gasteiger partial charge in [-0.1, -0.05) is 6.07 Å². The monoisotopic (exact) mass is 269 g/mol. The molecule has 0 saturated carbocycles. The highest BCUT2D eigenvalue weighted by Gasteiger charge is 2.15. The molecule has 1 aromatic rings. The molecule has 0 aliphatic rings. The lowest BCUT2D eigenvalue weighted by Crippen LogP contribution is -2.31. The maximum absolute atomic E-state index is 13.5. The van der Waals surface area contributed by atoms with Gasteiger partial charge in [0.05, 0.1) is 20.6 Å². The Morgan fingerprint density at radius 1 is 1.42 bits per heavy atom. The summed E-state index contributed by atoms with van der Waals surface area (Å²) >= 11 is 0. The van der Waals surface area contributed by atoms with Crippen LogP contribution in [0.3, 0.4) is 0 Å². The molecule has 0 saturated heterocycles. The van der Waals surface area contributed by atoms with Crippen LogP contribution < -0.4 is 4.74 Å². The second-order valence-corrected chi connectivity index (χ2v) is 4.51. The van der Waals surface area contributed by atoms with Gasteiger partial charge in [0.25, 0.3) is 0 Å². The quantitative estimate of drug-likeness (QED) is 0.742. The van der Waals surface area contributed by atoms with Gasteiger partial charge in [0, 0.05) is 12.6 Å². The minimum Gasteiger partial charge on any atom is -0.494 e. The van der Waals surface area contributed by atoms with Gasteiger partial charge < -0.3 is 9.47 Å². The zero-order chi connectivity index (χ0) is 14.4. The molecule has 0 aliphatic heterocycles. The van der Waals surface area contributed by atoms with Crippen LogP contribution in [0.25, 0.3) is 0 Å². The van der Waals surface area contributed by atoms with Gasteiger partial charge in [-0.3, -0.25) is 9.69 Å². The molecule has 0 radical (unpaired) electrons.